The van der Waals surface area contributed by atoms with Gasteiger partial charge in [0.15, 0.2) is 5.82 Å². The molecule has 0 radical (unpaired) electrons. The lowest BCUT2D eigenvalue weighted by molar-refractivity contribution is 0.0947. The first-order valence-corrected chi connectivity index (χ1v) is 12.6. The maximum atomic E-state index is 14.8. The number of likely N-dealkylation sites (N-methyl/N-ethyl adjacent to an activating group) is 1. The number of aromatic nitrogens is 5. The maximum Gasteiger partial charge on any atom is 0.315 e. The quantitative estimate of drug-likeness (QED) is 0.216. The van der Waals surface area contributed by atoms with Crippen LogP contribution in [0.1, 0.15) is 55.5 Å². The summed E-state index contributed by atoms with van der Waals surface area (Å²) in [5.41, 5.74) is 1.68. The first-order valence-electron chi connectivity index (χ1n) is 12.6. The van der Waals surface area contributed by atoms with Crippen LogP contribution in [0, 0.1) is 11.6 Å². The number of rotatable bonds is 11. The van der Waals surface area contributed by atoms with Gasteiger partial charge in [0.05, 0.1) is 16.8 Å². The third-order valence-electron chi connectivity index (χ3n) is 6.14. The van der Waals surface area contributed by atoms with E-state index in [2.05, 4.69) is 41.5 Å². The van der Waals surface area contributed by atoms with Crippen molar-refractivity contribution in [1.82, 2.24) is 35.4 Å². The average molecular weight is 526 g/mol. The summed E-state index contributed by atoms with van der Waals surface area (Å²) in [4.78, 5) is 16.8. The lowest BCUT2D eigenvalue weighted by atomic mass is 10.00. The van der Waals surface area contributed by atoms with Crippen LogP contribution in [0.5, 0.6) is 0 Å². The zero-order chi connectivity index (χ0) is 26.8. The van der Waals surface area contributed by atoms with Crippen molar-refractivity contribution in [2.75, 3.05) is 30.3 Å². The van der Waals surface area contributed by atoms with Crippen molar-refractivity contribution >= 4 is 28.9 Å². The topological polar surface area (TPSA) is 134 Å². The first-order chi connectivity index (χ1) is 18.4. The molecule has 0 unspecified atom stereocenters. The van der Waals surface area contributed by atoms with E-state index in [4.69, 9.17) is 4.42 Å². The minimum atomic E-state index is -0.932. The van der Waals surface area contributed by atoms with Gasteiger partial charge in [0.2, 0.25) is 0 Å². The summed E-state index contributed by atoms with van der Waals surface area (Å²) in [6.45, 7) is 8.22. The third-order valence-corrected chi connectivity index (χ3v) is 6.14. The van der Waals surface area contributed by atoms with Crippen LogP contribution in [0.25, 0.3) is 17.0 Å². The second kappa shape index (κ2) is 10.7. The standard InChI is InChI=1S/C25H29F2N9O2/c1-4-28-7-8-29-25-35-34-24(38-25)16-11-36-21(20(16)13(2)3)22(30-12-31-36)33-19-9-15(17(26)10-18(19)27)23(37)32-14-5-6-14/h9-14,28H,4-8H2,1-3H3,(H,29,35)(H,32,37)(H,30,31,33). The van der Waals surface area contributed by atoms with Crippen LogP contribution < -0.4 is 21.3 Å². The van der Waals surface area contributed by atoms with Gasteiger partial charge in [-0.15, -0.1) is 5.10 Å². The molecule has 3 aromatic heterocycles. The van der Waals surface area contributed by atoms with E-state index >= 15 is 0 Å². The second-order valence-electron chi connectivity index (χ2n) is 9.39. The second-order valence-corrected chi connectivity index (χ2v) is 9.39. The van der Waals surface area contributed by atoms with Crippen LogP contribution in [0.2, 0.25) is 0 Å². The van der Waals surface area contributed by atoms with Gasteiger partial charge in [0, 0.05) is 31.4 Å². The monoisotopic (exact) mass is 525 g/mol. The van der Waals surface area contributed by atoms with Gasteiger partial charge in [-0.2, -0.15) is 5.10 Å². The predicted octanol–water partition coefficient (Wildman–Crippen LogP) is 3.84. The van der Waals surface area contributed by atoms with E-state index in [-0.39, 0.29) is 35.0 Å². The molecule has 5 rings (SSSR count). The molecule has 200 valence electrons. The number of halogens is 2. The zero-order valence-corrected chi connectivity index (χ0v) is 21.3. The van der Waals surface area contributed by atoms with E-state index in [0.717, 1.165) is 37.6 Å². The fourth-order valence-electron chi connectivity index (χ4n) is 4.16. The largest absolute Gasteiger partial charge is 0.403 e. The third kappa shape index (κ3) is 5.28. The normalized spacial score (nSPS) is 13.3. The highest BCUT2D eigenvalue weighted by atomic mass is 19.1. The van der Waals surface area contributed by atoms with Gasteiger partial charge in [0.1, 0.15) is 23.5 Å². The molecule has 0 atom stereocenters. The summed E-state index contributed by atoms with van der Waals surface area (Å²) in [5, 5.41) is 24.5. The van der Waals surface area contributed by atoms with Gasteiger partial charge in [-0.05, 0) is 36.9 Å². The van der Waals surface area contributed by atoms with E-state index in [1.165, 1.54) is 6.33 Å². The highest BCUT2D eigenvalue weighted by molar-refractivity contribution is 5.96. The average Bonchev–Trinajstić information content (AvgIpc) is 3.41. The van der Waals surface area contributed by atoms with Gasteiger partial charge in [0.25, 0.3) is 11.8 Å². The number of amides is 1. The Hall–Kier alpha value is -4.13. The predicted molar refractivity (Wildman–Crippen MR) is 138 cm³/mol. The summed E-state index contributed by atoms with van der Waals surface area (Å²) in [7, 11) is 0. The summed E-state index contributed by atoms with van der Waals surface area (Å²) < 4.78 is 36.7. The minimum absolute atomic E-state index is 0.0310. The Kier molecular flexibility index (Phi) is 7.18. The van der Waals surface area contributed by atoms with Crippen molar-refractivity contribution in [3.63, 3.8) is 0 Å². The van der Waals surface area contributed by atoms with Crippen LogP contribution in [0.15, 0.2) is 29.1 Å². The van der Waals surface area contributed by atoms with Crippen molar-refractivity contribution in [3.05, 3.63) is 47.4 Å². The number of anilines is 3. The summed E-state index contributed by atoms with van der Waals surface area (Å²) in [5.74, 6) is -1.83. The summed E-state index contributed by atoms with van der Waals surface area (Å²) in [6.07, 6.45) is 4.75. The molecule has 1 fully saturated rings. The summed E-state index contributed by atoms with van der Waals surface area (Å²) >= 11 is 0. The molecule has 1 amide bonds. The van der Waals surface area contributed by atoms with Crippen molar-refractivity contribution in [3.8, 4) is 11.5 Å². The number of nitrogens with one attached hydrogen (secondary N) is 4. The van der Waals surface area contributed by atoms with Gasteiger partial charge in [-0.3, -0.25) is 4.79 Å². The molecule has 13 heteroatoms. The molecular weight excluding hydrogens is 496 g/mol. The van der Waals surface area contributed by atoms with Crippen LogP contribution in [0.4, 0.5) is 26.3 Å². The van der Waals surface area contributed by atoms with E-state index in [1.54, 1.807) is 10.7 Å². The summed E-state index contributed by atoms with van der Waals surface area (Å²) in [6, 6.07) is 2.17. The lowest BCUT2D eigenvalue weighted by Crippen LogP contribution is -2.26. The van der Waals surface area contributed by atoms with Crippen molar-refractivity contribution in [2.24, 2.45) is 0 Å². The molecule has 4 aromatic rings. The molecule has 1 aromatic carbocycles. The molecule has 4 N–H and O–H groups in total. The number of benzene rings is 1. The maximum absolute atomic E-state index is 14.8. The van der Waals surface area contributed by atoms with Crippen molar-refractivity contribution < 1.29 is 18.0 Å². The van der Waals surface area contributed by atoms with Crippen LogP contribution in [-0.2, 0) is 0 Å². The van der Waals surface area contributed by atoms with Gasteiger partial charge in [-0.25, -0.2) is 18.3 Å². The fraction of sp³-hybridized carbons (Fsp3) is 0.400. The van der Waals surface area contributed by atoms with Gasteiger partial charge < -0.3 is 25.7 Å². The lowest BCUT2D eigenvalue weighted by Gasteiger charge is -2.13. The van der Waals surface area contributed by atoms with Crippen molar-refractivity contribution in [1.29, 1.82) is 0 Å². The number of nitrogens with zero attached hydrogens (tertiary/aromatic N) is 5. The Morgan fingerprint density at radius 1 is 1.18 bits per heavy atom. The Morgan fingerprint density at radius 3 is 2.74 bits per heavy atom. The Morgan fingerprint density at radius 2 is 2.00 bits per heavy atom. The van der Waals surface area contributed by atoms with E-state index in [1.807, 2.05) is 20.8 Å². The van der Waals surface area contributed by atoms with Crippen LogP contribution in [0.3, 0.4) is 0 Å². The number of hydrogen-bond donors (Lipinski definition) is 4. The molecule has 0 spiro atoms. The highest BCUT2D eigenvalue weighted by Gasteiger charge is 2.27. The van der Waals surface area contributed by atoms with Crippen molar-refractivity contribution in [2.45, 2.75) is 45.6 Å². The fourth-order valence-corrected chi connectivity index (χ4v) is 4.16. The molecule has 0 saturated heterocycles. The van der Waals surface area contributed by atoms with E-state index < -0.39 is 17.5 Å². The van der Waals surface area contributed by atoms with Gasteiger partial charge in [-0.1, -0.05) is 25.9 Å². The molecule has 1 saturated carbocycles. The molecule has 3 heterocycles. The smallest absolute Gasteiger partial charge is 0.315 e. The number of hydrogen-bond acceptors (Lipinski definition) is 9. The number of fused-ring (bicyclic) bond motifs is 1. The van der Waals surface area contributed by atoms with E-state index in [9.17, 15) is 13.6 Å². The SMILES string of the molecule is CCNCCNc1nnc(-c2cn3ncnc(Nc4cc(C(=O)NC5CC5)c(F)cc4F)c3c2C(C)C)o1. The Bertz CT molecular complexity index is 1460. The molecular formula is C25H29F2N9O2. The molecule has 38 heavy (non-hydrogen) atoms. The zero-order valence-electron chi connectivity index (χ0n) is 21.3. The van der Waals surface area contributed by atoms with Gasteiger partial charge >= 0.3 is 6.01 Å². The van der Waals surface area contributed by atoms with Crippen LogP contribution in [-0.4, -0.2) is 56.4 Å². The Labute approximate surface area is 217 Å². The first kappa shape index (κ1) is 25.5. The number of carbonyl (C=O) groups excluding carboxylic acids is 1. The van der Waals surface area contributed by atoms with Crippen LogP contribution >= 0.6 is 0 Å². The molecule has 0 aliphatic heterocycles. The molecule has 1 aliphatic rings. The molecule has 1 aliphatic carbocycles. The Balaban J connectivity index is 1.49. The highest BCUT2D eigenvalue weighted by Crippen LogP contribution is 2.37. The van der Waals surface area contributed by atoms with E-state index in [0.29, 0.717) is 29.6 Å². The number of carbonyl (C=O) groups is 1. The minimum Gasteiger partial charge on any atom is -0.403 e. The molecule has 11 nitrogen and oxygen atoms in total. The molecule has 0 bridgehead atoms.